The molecule has 8 heteroatoms. The molecule has 112 valence electrons. The molecule has 0 aliphatic carbocycles. The molecule has 2 rings (SSSR count). The minimum absolute atomic E-state index is 0.0212. The van der Waals surface area contributed by atoms with Crippen molar-refractivity contribution in [2.24, 2.45) is 0 Å². The van der Waals surface area contributed by atoms with Crippen LogP contribution in [0, 0.1) is 0 Å². The summed E-state index contributed by atoms with van der Waals surface area (Å²) < 4.78 is 34.7. The van der Waals surface area contributed by atoms with E-state index in [1.54, 1.807) is 0 Å². The highest BCUT2D eigenvalue weighted by Gasteiger charge is 2.26. The monoisotopic (exact) mass is 307 g/mol. The zero-order valence-corrected chi connectivity index (χ0v) is 11.4. The molecule has 1 saturated heterocycles. The molecule has 1 fully saturated rings. The smallest absolute Gasteiger partial charge is 0.289 e. The number of amides is 1. The molecule has 1 aromatic heterocycles. The second-order valence-corrected chi connectivity index (χ2v) is 5.24. The van der Waals surface area contributed by atoms with E-state index in [2.05, 4.69) is 0 Å². The van der Waals surface area contributed by atoms with Crippen LogP contribution in [-0.2, 0) is 10.5 Å². The number of rotatable bonds is 5. The van der Waals surface area contributed by atoms with Crippen LogP contribution in [0.4, 0.5) is 8.78 Å². The van der Waals surface area contributed by atoms with Gasteiger partial charge in [-0.15, -0.1) is 0 Å². The number of morpholine rings is 1. The van der Waals surface area contributed by atoms with Gasteiger partial charge in [-0.25, -0.2) is 0 Å². The number of furan rings is 1. The van der Waals surface area contributed by atoms with Crippen LogP contribution in [0.25, 0.3) is 0 Å². The fourth-order valence-electron chi connectivity index (χ4n) is 1.89. The van der Waals surface area contributed by atoms with Crippen LogP contribution in [0.1, 0.15) is 16.3 Å². The van der Waals surface area contributed by atoms with Gasteiger partial charge < -0.3 is 19.2 Å². The Bertz CT molecular complexity index is 454. The van der Waals surface area contributed by atoms with Gasteiger partial charge in [0.2, 0.25) is 0 Å². The van der Waals surface area contributed by atoms with E-state index >= 15 is 0 Å². The highest BCUT2D eigenvalue weighted by atomic mass is 32.2. The Balaban J connectivity index is 1.95. The highest BCUT2D eigenvalue weighted by Crippen LogP contribution is 2.22. The van der Waals surface area contributed by atoms with E-state index in [0.717, 1.165) is 0 Å². The van der Waals surface area contributed by atoms with Crippen molar-refractivity contribution in [3.05, 3.63) is 23.7 Å². The molecule has 1 N–H and O–H groups in total. The standard InChI is InChI=1S/C12H15F2NO4S/c13-12(14)20-7-8-1-2-10(19-8)11(17)15-3-4-18-9(5-15)6-16/h1-2,9,12,16H,3-7H2. The fraction of sp³-hybridized carbons (Fsp3) is 0.583. The lowest BCUT2D eigenvalue weighted by Gasteiger charge is -2.31. The second-order valence-electron chi connectivity index (χ2n) is 4.26. The summed E-state index contributed by atoms with van der Waals surface area (Å²) in [6.45, 7) is 0.901. The molecule has 0 radical (unpaired) electrons. The zero-order chi connectivity index (χ0) is 14.5. The lowest BCUT2D eigenvalue weighted by atomic mass is 10.2. The molecule has 1 amide bonds. The summed E-state index contributed by atoms with van der Waals surface area (Å²) in [5.74, 6) is -2.31. The second kappa shape index (κ2) is 7.05. The van der Waals surface area contributed by atoms with Crippen LogP contribution in [0.3, 0.4) is 0 Å². The van der Waals surface area contributed by atoms with E-state index in [4.69, 9.17) is 14.3 Å². The number of aliphatic hydroxyl groups is 1. The third-order valence-corrected chi connectivity index (χ3v) is 3.56. The number of aliphatic hydroxyl groups excluding tert-OH is 1. The number of hydrogen-bond donors (Lipinski definition) is 1. The minimum atomic E-state index is -2.47. The minimum Gasteiger partial charge on any atom is -0.455 e. The van der Waals surface area contributed by atoms with E-state index in [1.807, 2.05) is 0 Å². The summed E-state index contributed by atoms with van der Waals surface area (Å²) in [6.07, 6.45) is -0.392. The van der Waals surface area contributed by atoms with Crippen molar-refractivity contribution in [1.29, 1.82) is 0 Å². The molecule has 1 aromatic rings. The SMILES string of the molecule is O=C(c1ccc(CSC(F)F)o1)N1CCOC(CO)C1. The number of hydrogen-bond acceptors (Lipinski definition) is 5. The van der Waals surface area contributed by atoms with E-state index in [1.165, 1.54) is 17.0 Å². The lowest BCUT2D eigenvalue weighted by molar-refractivity contribution is -0.0454. The molecule has 0 spiro atoms. The van der Waals surface area contributed by atoms with Gasteiger partial charge in [0.15, 0.2) is 5.76 Å². The van der Waals surface area contributed by atoms with Crippen LogP contribution in [0.5, 0.6) is 0 Å². The summed E-state index contributed by atoms with van der Waals surface area (Å²) in [5.41, 5.74) is 0. The van der Waals surface area contributed by atoms with E-state index in [0.29, 0.717) is 30.7 Å². The Morgan fingerprint density at radius 2 is 2.35 bits per heavy atom. The Morgan fingerprint density at radius 3 is 3.05 bits per heavy atom. The predicted octanol–water partition coefficient (Wildman–Crippen LogP) is 1.57. The van der Waals surface area contributed by atoms with Crippen molar-refractivity contribution in [2.45, 2.75) is 17.6 Å². The summed E-state index contributed by atoms with van der Waals surface area (Å²) >= 11 is 0.444. The number of carbonyl (C=O) groups excluding carboxylic acids is 1. The van der Waals surface area contributed by atoms with Gasteiger partial charge in [-0.05, 0) is 12.1 Å². The molecular formula is C12H15F2NO4S. The van der Waals surface area contributed by atoms with Crippen molar-refractivity contribution in [3.63, 3.8) is 0 Å². The van der Waals surface area contributed by atoms with Gasteiger partial charge in [-0.2, -0.15) is 8.78 Å². The van der Waals surface area contributed by atoms with Gasteiger partial charge in [-0.1, -0.05) is 11.8 Å². The van der Waals surface area contributed by atoms with Crippen molar-refractivity contribution >= 4 is 17.7 Å². The molecule has 1 aliphatic heterocycles. The third-order valence-electron chi connectivity index (χ3n) is 2.85. The molecule has 1 aliphatic rings. The molecule has 2 heterocycles. The molecular weight excluding hydrogens is 292 g/mol. The van der Waals surface area contributed by atoms with E-state index < -0.39 is 11.9 Å². The fourth-order valence-corrected chi connectivity index (χ4v) is 2.33. The Morgan fingerprint density at radius 1 is 1.55 bits per heavy atom. The number of carbonyl (C=O) groups is 1. The van der Waals surface area contributed by atoms with Gasteiger partial charge in [0, 0.05) is 13.1 Å². The maximum Gasteiger partial charge on any atom is 0.289 e. The maximum absolute atomic E-state index is 12.2. The third kappa shape index (κ3) is 3.94. The van der Waals surface area contributed by atoms with E-state index in [-0.39, 0.29) is 30.6 Å². The summed E-state index contributed by atoms with van der Waals surface area (Å²) in [5, 5.41) is 9.03. The first-order valence-corrected chi connectivity index (χ1v) is 7.15. The zero-order valence-electron chi connectivity index (χ0n) is 10.6. The average Bonchev–Trinajstić information content (AvgIpc) is 2.93. The Kier molecular flexibility index (Phi) is 5.38. The van der Waals surface area contributed by atoms with Crippen molar-refractivity contribution in [3.8, 4) is 0 Å². The topological polar surface area (TPSA) is 62.9 Å². The quantitative estimate of drug-likeness (QED) is 0.894. The maximum atomic E-state index is 12.2. The number of nitrogens with zero attached hydrogens (tertiary/aromatic N) is 1. The van der Waals surface area contributed by atoms with Gasteiger partial charge in [0.05, 0.1) is 25.1 Å². The molecule has 1 atom stereocenters. The number of ether oxygens (including phenoxy) is 1. The lowest BCUT2D eigenvalue weighted by Crippen LogP contribution is -2.46. The molecule has 5 nitrogen and oxygen atoms in total. The molecule has 0 aromatic carbocycles. The Labute approximate surface area is 118 Å². The van der Waals surface area contributed by atoms with Crippen LogP contribution in [0.15, 0.2) is 16.5 Å². The van der Waals surface area contributed by atoms with E-state index in [9.17, 15) is 13.6 Å². The predicted molar refractivity (Wildman–Crippen MR) is 68.7 cm³/mol. The van der Waals surface area contributed by atoms with Crippen LogP contribution in [-0.4, -0.2) is 54.1 Å². The highest BCUT2D eigenvalue weighted by molar-refractivity contribution is 7.98. The summed E-state index contributed by atoms with van der Waals surface area (Å²) in [4.78, 5) is 13.7. The first-order chi connectivity index (χ1) is 9.60. The number of halogens is 2. The van der Waals surface area contributed by atoms with Crippen molar-refractivity contribution in [1.82, 2.24) is 4.90 Å². The van der Waals surface area contributed by atoms with Gasteiger partial charge in [0.1, 0.15) is 5.76 Å². The largest absolute Gasteiger partial charge is 0.455 e. The van der Waals surface area contributed by atoms with Crippen LogP contribution in [0.2, 0.25) is 0 Å². The van der Waals surface area contributed by atoms with Crippen LogP contribution >= 0.6 is 11.8 Å². The van der Waals surface area contributed by atoms with Crippen molar-refractivity contribution < 1.29 is 27.8 Å². The number of thioether (sulfide) groups is 1. The van der Waals surface area contributed by atoms with Gasteiger partial charge in [0.25, 0.3) is 11.7 Å². The van der Waals surface area contributed by atoms with Gasteiger partial charge in [-0.3, -0.25) is 4.79 Å². The molecule has 20 heavy (non-hydrogen) atoms. The van der Waals surface area contributed by atoms with Crippen molar-refractivity contribution in [2.75, 3.05) is 26.3 Å². The normalized spacial score (nSPS) is 19.6. The molecule has 1 unspecified atom stereocenters. The average molecular weight is 307 g/mol. The first-order valence-electron chi connectivity index (χ1n) is 6.10. The Hall–Kier alpha value is -1.12. The molecule has 0 bridgehead atoms. The summed E-state index contributed by atoms with van der Waals surface area (Å²) in [7, 11) is 0. The van der Waals surface area contributed by atoms with Crippen LogP contribution < -0.4 is 0 Å². The first kappa shape index (κ1) is 15.3. The molecule has 0 saturated carbocycles. The van der Waals surface area contributed by atoms with Gasteiger partial charge >= 0.3 is 0 Å². The summed E-state index contributed by atoms with van der Waals surface area (Å²) in [6, 6.07) is 3.00. The number of alkyl halides is 2.